The summed E-state index contributed by atoms with van der Waals surface area (Å²) in [7, 11) is 0. The second-order valence-electron chi connectivity index (χ2n) is 4.54. The first-order valence-corrected chi connectivity index (χ1v) is 5.83. The quantitative estimate of drug-likeness (QED) is 0.697. The van der Waals surface area contributed by atoms with Crippen molar-refractivity contribution >= 4 is 0 Å². The molecule has 0 bridgehead atoms. The molecule has 0 spiro atoms. The van der Waals surface area contributed by atoms with Crippen molar-refractivity contribution in [1.29, 1.82) is 0 Å². The van der Waals surface area contributed by atoms with Crippen LogP contribution in [0.15, 0.2) is 12.2 Å². The molecule has 1 aliphatic rings. The van der Waals surface area contributed by atoms with Crippen molar-refractivity contribution in [3.8, 4) is 0 Å². The first-order chi connectivity index (χ1) is 6.74. The average Bonchev–Trinajstić information content (AvgIpc) is 2.19. The molecule has 1 fully saturated rings. The van der Waals surface area contributed by atoms with E-state index in [0.717, 1.165) is 5.92 Å². The van der Waals surface area contributed by atoms with E-state index in [-0.39, 0.29) is 0 Å². The maximum absolute atomic E-state index is 5.42. The van der Waals surface area contributed by atoms with Gasteiger partial charge in [-0.2, -0.15) is 0 Å². The summed E-state index contributed by atoms with van der Waals surface area (Å²) in [5.41, 5.74) is 5.42. The summed E-state index contributed by atoms with van der Waals surface area (Å²) in [5, 5.41) is 0. The molecular weight excluding hydrogens is 172 g/mol. The van der Waals surface area contributed by atoms with E-state index < -0.39 is 0 Å². The Bertz CT molecular complexity index is 175. The van der Waals surface area contributed by atoms with E-state index in [4.69, 9.17) is 5.73 Å². The van der Waals surface area contributed by atoms with Crippen LogP contribution in [0.4, 0.5) is 0 Å². The number of hydrogen-bond donors (Lipinski definition) is 1. The van der Waals surface area contributed by atoms with Gasteiger partial charge in [-0.3, -0.25) is 0 Å². The van der Waals surface area contributed by atoms with Crippen molar-refractivity contribution in [2.45, 2.75) is 39.2 Å². The van der Waals surface area contributed by atoms with E-state index in [1.165, 1.54) is 32.4 Å². The summed E-state index contributed by atoms with van der Waals surface area (Å²) in [5.74, 6) is 0.856. The first kappa shape index (κ1) is 11.7. The highest BCUT2D eigenvalue weighted by Gasteiger charge is 2.20. The molecule has 1 atom stereocenters. The first-order valence-electron chi connectivity index (χ1n) is 5.83. The molecular formula is C12H24N2. The molecule has 0 aromatic heterocycles. The zero-order chi connectivity index (χ0) is 10.4. The second-order valence-corrected chi connectivity index (χ2v) is 4.54. The highest BCUT2D eigenvalue weighted by atomic mass is 15.1. The lowest BCUT2D eigenvalue weighted by Gasteiger charge is -2.35. The topological polar surface area (TPSA) is 29.3 Å². The molecule has 0 saturated carbocycles. The van der Waals surface area contributed by atoms with Gasteiger partial charge >= 0.3 is 0 Å². The van der Waals surface area contributed by atoms with Crippen LogP contribution in [0.1, 0.15) is 33.1 Å². The predicted octanol–water partition coefficient (Wildman–Crippen LogP) is 2.01. The fourth-order valence-corrected chi connectivity index (χ4v) is 2.14. The fraction of sp³-hybridized carbons (Fsp3) is 0.833. The third-order valence-electron chi connectivity index (χ3n) is 3.05. The van der Waals surface area contributed by atoms with E-state index in [0.29, 0.717) is 12.6 Å². The van der Waals surface area contributed by atoms with Crippen molar-refractivity contribution in [3.05, 3.63) is 12.2 Å². The van der Waals surface area contributed by atoms with Crippen LogP contribution in [-0.4, -0.2) is 30.6 Å². The Morgan fingerprint density at radius 1 is 1.43 bits per heavy atom. The standard InChI is InChI=1S/C12H24N2/c1-11(2)14-9-5-7-12(10-14)6-3-4-8-13/h3-4,11-12H,5-10,13H2,1-2H3/b4-3-. The Morgan fingerprint density at radius 2 is 2.21 bits per heavy atom. The number of nitrogens with zero attached hydrogens (tertiary/aromatic N) is 1. The van der Waals surface area contributed by atoms with Crippen molar-refractivity contribution in [2.75, 3.05) is 19.6 Å². The lowest BCUT2D eigenvalue weighted by molar-refractivity contribution is 0.141. The van der Waals surface area contributed by atoms with Crippen LogP contribution < -0.4 is 5.73 Å². The van der Waals surface area contributed by atoms with Gasteiger partial charge in [0.1, 0.15) is 0 Å². The van der Waals surface area contributed by atoms with Crippen molar-refractivity contribution in [3.63, 3.8) is 0 Å². The molecule has 2 heteroatoms. The minimum atomic E-state index is 0.681. The van der Waals surface area contributed by atoms with Crippen molar-refractivity contribution < 1.29 is 0 Å². The van der Waals surface area contributed by atoms with Crippen LogP contribution in [0.25, 0.3) is 0 Å². The smallest absolute Gasteiger partial charge is 0.0106 e. The fourth-order valence-electron chi connectivity index (χ4n) is 2.14. The van der Waals surface area contributed by atoms with Crippen LogP contribution in [0, 0.1) is 5.92 Å². The number of hydrogen-bond acceptors (Lipinski definition) is 2. The Labute approximate surface area is 88.2 Å². The molecule has 2 N–H and O–H groups in total. The zero-order valence-electron chi connectivity index (χ0n) is 9.58. The molecule has 0 aromatic rings. The van der Waals surface area contributed by atoms with E-state index in [9.17, 15) is 0 Å². The lowest BCUT2D eigenvalue weighted by atomic mass is 9.94. The van der Waals surface area contributed by atoms with Gasteiger partial charge in [-0.05, 0) is 45.6 Å². The molecule has 0 amide bonds. The number of likely N-dealkylation sites (tertiary alicyclic amines) is 1. The normalized spacial score (nSPS) is 25.0. The van der Waals surface area contributed by atoms with Gasteiger partial charge in [-0.1, -0.05) is 12.2 Å². The minimum absolute atomic E-state index is 0.681. The summed E-state index contributed by atoms with van der Waals surface area (Å²) in [6.45, 7) is 7.82. The molecule has 2 nitrogen and oxygen atoms in total. The van der Waals surface area contributed by atoms with Gasteiger partial charge in [0.2, 0.25) is 0 Å². The van der Waals surface area contributed by atoms with E-state index in [2.05, 4.69) is 30.9 Å². The van der Waals surface area contributed by atoms with Crippen LogP contribution in [-0.2, 0) is 0 Å². The van der Waals surface area contributed by atoms with Gasteiger partial charge in [0.25, 0.3) is 0 Å². The Balaban J connectivity index is 2.29. The zero-order valence-corrected chi connectivity index (χ0v) is 9.58. The molecule has 1 aliphatic heterocycles. The molecule has 1 heterocycles. The highest BCUT2D eigenvalue weighted by Crippen LogP contribution is 2.21. The van der Waals surface area contributed by atoms with Crippen LogP contribution in [0.3, 0.4) is 0 Å². The van der Waals surface area contributed by atoms with Crippen LogP contribution in [0.5, 0.6) is 0 Å². The van der Waals surface area contributed by atoms with Gasteiger partial charge in [0.05, 0.1) is 0 Å². The lowest BCUT2D eigenvalue weighted by Crippen LogP contribution is -2.39. The second kappa shape index (κ2) is 6.20. The molecule has 82 valence electrons. The number of rotatable bonds is 4. The molecule has 0 aliphatic carbocycles. The van der Waals surface area contributed by atoms with Crippen LogP contribution >= 0.6 is 0 Å². The van der Waals surface area contributed by atoms with Gasteiger partial charge in [0, 0.05) is 19.1 Å². The monoisotopic (exact) mass is 196 g/mol. The number of piperidine rings is 1. The summed E-state index contributed by atoms with van der Waals surface area (Å²) >= 11 is 0. The summed E-state index contributed by atoms with van der Waals surface area (Å²) in [6.07, 6.45) is 8.28. The molecule has 14 heavy (non-hydrogen) atoms. The van der Waals surface area contributed by atoms with Gasteiger partial charge < -0.3 is 10.6 Å². The molecule has 0 aromatic carbocycles. The molecule has 1 saturated heterocycles. The third-order valence-corrected chi connectivity index (χ3v) is 3.05. The summed E-state index contributed by atoms with van der Waals surface area (Å²) in [4.78, 5) is 2.59. The molecule has 0 radical (unpaired) electrons. The Hall–Kier alpha value is -0.340. The number of allylic oxidation sites excluding steroid dienone is 1. The predicted molar refractivity (Wildman–Crippen MR) is 62.2 cm³/mol. The largest absolute Gasteiger partial charge is 0.327 e. The molecule has 1 unspecified atom stereocenters. The van der Waals surface area contributed by atoms with E-state index in [1.807, 2.05) is 0 Å². The third kappa shape index (κ3) is 3.81. The van der Waals surface area contributed by atoms with Crippen molar-refractivity contribution in [1.82, 2.24) is 4.90 Å². The van der Waals surface area contributed by atoms with Gasteiger partial charge in [-0.15, -0.1) is 0 Å². The van der Waals surface area contributed by atoms with E-state index in [1.54, 1.807) is 0 Å². The average molecular weight is 196 g/mol. The maximum atomic E-state index is 5.42. The van der Waals surface area contributed by atoms with Gasteiger partial charge in [0.15, 0.2) is 0 Å². The Kier molecular flexibility index (Phi) is 5.20. The van der Waals surface area contributed by atoms with E-state index >= 15 is 0 Å². The highest BCUT2D eigenvalue weighted by molar-refractivity contribution is 4.87. The Morgan fingerprint density at radius 3 is 2.86 bits per heavy atom. The maximum Gasteiger partial charge on any atom is 0.0106 e. The van der Waals surface area contributed by atoms with Gasteiger partial charge in [-0.25, -0.2) is 0 Å². The SMILES string of the molecule is CC(C)N1CCCC(C/C=C\CN)C1. The summed E-state index contributed by atoms with van der Waals surface area (Å²) in [6, 6.07) is 0.705. The molecule has 1 rings (SSSR count). The minimum Gasteiger partial charge on any atom is -0.327 e. The van der Waals surface area contributed by atoms with Crippen LogP contribution in [0.2, 0.25) is 0 Å². The summed E-state index contributed by atoms with van der Waals surface area (Å²) < 4.78 is 0. The number of nitrogens with two attached hydrogens (primary N) is 1. The van der Waals surface area contributed by atoms with Crippen molar-refractivity contribution in [2.24, 2.45) is 11.7 Å².